The van der Waals surface area contributed by atoms with Crippen molar-refractivity contribution in [1.29, 1.82) is 0 Å². The first-order valence-corrected chi connectivity index (χ1v) is 10.4. The van der Waals surface area contributed by atoms with E-state index in [1.165, 1.54) is 18.2 Å². The molecule has 1 aliphatic carbocycles. The Hall–Kier alpha value is -1.96. The highest BCUT2D eigenvalue weighted by Crippen LogP contribution is 2.48. The minimum Gasteiger partial charge on any atom is -0.396 e. The number of aliphatic hydroxyl groups is 1. The van der Waals surface area contributed by atoms with Crippen molar-refractivity contribution in [2.75, 3.05) is 39.3 Å². The van der Waals surface area contributed by atoms with Gasteiger partial charge in [-0.2, -0.15) is 13.2 Å². The molecule has 0 bridgehead atoms. The highest BCUT2D eigenvalue weighted by Gasteiger charge is 2.39. The third-order valence-corrected chi connectivity index (χ3v) is 6.36. The first kappa shape index (κ1) is 21.3. The highest BCUT2D eigenvalue weighted by atomic mass is 19.4. The van der Waals surface area contributed by atoms with Gasteiger partial charge in [-0.05, 0) is 53.8 Å². The van der Waals surface area contributed by atoms with Crippen molar-refractivity contribution in [3.8, 4) is 0 Å². The van der Waals surface area contributed by atoms with Gasteiger partial charge < -0.3 is 10.0 Å². The summed E-state index contributed by atoms with van der Waals surface area (Å²) in [6.07, 6.45) is -2.96. The molecule has 0 saturated carbocycles. The van der Waals surface area contributed by atoms with Crippen LogP contribution in [0.2, 0.25) is 0 Å². The minimum absolute atomic E-state index is 0.0414. The van der Waals surface area contributed by atoms with Gasteiger partial charge in [-0.3, -0.25) is 4.90 Å². The van der Waals surface area contributed by atoms with Crippen LogP contribution < -0.4 is 0 Å². The molecule has 1 aliphatic heterocycles. The van der Waals surface area contributed by atoms with E-state index < -0.39 is 11.7 Å². The molecule has 4 rings (SSSR count). The van der Waals surface area contributed by atoms with Gasteiger partial charge in [-0.1, -0.05) is 18.2 Å². The number of benzene rings is 2. The van der Waals surface area contributed by atoms with Crippen LogP contribution in [-0.4, -0.2) is 54.2 Å². The van der Waals surface area contributed by atoms with E-state index in [0.29, 0.717) is 6.42 Å². The Morgan fingerprint density at radius 1 is 0.933 bits per heavy atom. The van der Waals surface area contributed by atoms with E-state index in [4.69, 9.17) is 5.11 Å². The third-order valence-electron chi connectivity index (χ3n) is 6.36. The van der Waals surface area contributed by atoms with Gasteiger partial charge >= 0.3 is 6.18 Å². The molecule has 7 heteroatoms. The molecule has 3 nitrogen and oxygen atoms in total. The Morgan fingerprint density at radius 2 is 1.63 bits per heavy atom. The van der Waals surface area contributed by atoms with E-state index in [1.807, 2.05) is 0 Å². The monoisotopic (exact) mass is 422 g/mol. The second kappa shape index (κ2) is 8.65. The van der Waals surface area contributed by atoms with Crippen LogP contribution in [0.4, 0.5) is 17.6 Å². The quantitative estimate of drug-likeness (QED) is 0.723. The normalized spacial score (nSPS) is 23.0. The predicted octanol–water partition coefficient (Wildman–Crippen LogP) is 4.42. The lowest BCUT2D eigenvalue weighted by Crippen LogP contribution is -2.47. The molecule has 2 aromatic carbocycles. The molecule has 1 N–H and O–H groups in total. The zero-order valence-corrected chi connectivity index (χ0v) is 16.7. The fourth-order valence-electron chi connectivity index (χ4n) is 4.78. The summed E-state index contributed by atoms with van der Waals surface area (Å²) >= 11 is 0. The molecular formula is C23H26F4N2O. The summed E-state index contributed by atoms with van der Waals surface area (Å²) in [6.45, 7) is 4.24. The van der Waals surface area contributed by atoms with Gasteiger partial charge in [0.1, 0.15) is 5.82 Å². The largest absolute Gasteiger partial charge is 0.416 e. The molecule has 0 aromatic heterocycles. The maximum atomic E-state index is 13.4. The van der Waals surface area contributed by atoms with E-state index in [-0.39, 0.29) is 24.4 Å². The lowest BCUT2D eigenvalue weighted by molar-refractivity contribution is -0.137. The van der Waals surface area contributed by atoms with Crippen LogP contribution in [-0.2, 0) is 6.18 Å². The number of alkyl halides is 3. The van der Waals surface area contributed by atoms with Gasteiger partial charge in [0.2, 0.25) is 0 Å². The molecule has 2 aliphatic rings. The minimum atomic E-state index is -4.38. The summed E-state index contributed by atoms with van der Waals surface area (Å²) in [6, 6.07) is 10.3. The van der Waals surface area contributed by atoms with E-state index >= 15 is 0 Å². The highest BCUT2D eigenvalue weighted by molar-refractivity contribution is 5.47. The van der Waals surface area contributed by atoms with Crippen LogP contribution in [0.3, 0.4) is 0 Å². The van der Waals surface area contributed by atoms with Crippen LogP contribution in [0, 0.1) is 5.82 Å². The number of aliphatic hydroxyl groups excluding tert-OH is 1. The summed E-state index contributed by atoms with van der Waals surface area (Å²) in [4.78, 5) is 4.56. The summed E-state index contributed by atoms with van der Waals surface area (Å²) in [7, 11) is 0. The maximum Gasteiger partial charge on any atom is 0.416 e. The Bertz CT molecular complexity index is 860. The molecule has 0 spiro atoms. The van der Waals surface area contributed by atoms with Crippen LogP contribution in [0.5, 0.6) is 0 Å². The van der Waals surface area contributed by atoms with Crippen LogP contribution in [0.1, 0.15) is 47.1 Å². The van der Waals surface area contributed by atoms with Gasteiger partial charge in [-0.25, -0.2) is 4.39 Å². The van der Waals surface area contributed by atoms with Gasteiger partial charge in [0.05, 0.1) is 5.56 Å². The van der Waals surface area contributed by atoms with Crippen molar-refractivity contribution in [1.82, 2.24) is 9.80 Å². The molecule has 0 unspecified atom stereocenters. The fourth-order valence-corrected chi connectivity index (χ4v) is 4.78. The Morgan fingerprint density at radius 3 is 2.27 bits per heavy atom. The van der Waals surface area contributed by atoms with Crippen LogP contribution in [0.25, 0.3) is 0 Å². The number of fused-ring (bicyclic) bond motifs is 1. The molecule has 1 saturated heterocycles. The summed E-state index contributed by atoms with van der Waals surface area (Å²) in [5.74, 6) is -0.361. The summed E-state index contributed by atoms with van der Waals surface area (Å²) in [5.41, 5.74) is 1.96. The zero-order chi connectivity index (χ0) is 21.3. The molecule has 30 heavy (non-hydrogen) atoms. The van der Waals surface area contributed by atoms with E-state index in [2.05, 4.69) is 9.80 Å². The molecule has 1 fully saturated rings. The van der Waals surface area contributed by atoms with Crippen molar-refractivity contribution in [3.63, 3.8) is 0 Å². The van der Waals surface area contributed by atoms with Gasteiger partial charge in [0.15, 0.2) is 0 Å². The lowest BCUT2D eigenvalue weighted by Gasteiger charge is -2.38. The average molecular weight is 422 g/mol. The van der Waals surface area contributed by atoms with Crippen molar-refractivity contribution >= 4 is 0 Å². The van der Waals surface area contributed by atoms with Crippen LogP contribution in [0.15, 0.2) is 42.5 Å². The summed E-state index contributed by atoms with van der Waals surface area (Å²) < 4.78 is 53.5. The van der Waals surface area contributed by atoms with Crippen molar-refractivity contribution in [2.45, 2.75) is 31.0 Å². The standard InChI is InChI=1S/C23H26F4N2O/c24-18-5-2-16(3-6-18)20-15-22(29-11-9-28(10-12-29)8-1-13-30)21-14-17(23(25,26)27)4-7-19(20)21/h2-7,14,20,22,30H,1,8-13,15H2/t20-,22+/m1/s1. The number of hydrogen-bond acceptors (Lipinski definition) is 3. The first-order valence-electron chi connectivity index (χ1n) is 10.4. The van der Waals surface area contributed by atoms with E-state index in [1.54, 1.807) is 18.2 Å². The second-order valence-corrected chi connectivity index (χ2v) is 8.15. The third kappa shape index (κ3) is 4.38. The number of nitrogens with zero attached hydrogens (tertiary/aromatic N) is 2. The average Bonchev–Trinajstić information content (AvgIpc) is 3.11. The number of halogens is 4. The van der Waals surface area contributed by atoms with Crippen LogP contribution >= 0.6 is 0 Å². The molecule has 2 aromatic rings. The molecule has 1 heterocycles. The van der Waals surface area contributed by atoms with Gasteiger partial charge in [0, 0.05) is 51.3 Å². The number of hydrogen-bond donors (Lipinski definition) is 1. The Kier molecular flexibility index (Phi) is 6.14. The van der Waals surface area contributed by atoms with Gasteiger partial charge in [-0.15, -0.1) is 0 Å². The second-order valence-electron chi connectivity index (χ2n) is 8.15. The Labute approximate surface area is 173 Å². The molecule has 0 radical (unpaired) electrons. The maximum absolute atomic E-state index is 13.4. The number of rotatable bonds is 5. The first-order chi connectivity index (χ1) is 14.4. The molecule has 2 atom stereocenters. The van der Waals surface area contributed by atoms with Gasteiger partial charge in [0.25, 0.3) is 0 Å². The summed E-state index contributed by atoms with van der Waals surface area (Å²) in [5, 5.41) is 9.02. The smallest absolute Gasteiger partial charge is 0.396 e. The van der Waals surface area contributed by atoms with Crippen molar-refractivity contribution in [3.05, 3.63) is 70.5 Å². The molecular weight excluding hydrogens is 396 g/mol. The van der Waals surface area contributed by atoms with E-state index in [0.717, 1.165) is 61.9 Å². The zero-order valence-electron chi connectivity index (χ0n) is 16.7. The van der Waals surface area contributed by atoms with Crippen molar-refractivity contribution < 1.29 is 22.7 Å². The topological polar surface area (TPSA) is 26.7 Å². The fraction of sp³-hybridized carbons (Fsp3) is 0.478. The predicted molar refractivity (Wildman–Crippen MR) is 107 cm³/mol. The number of piperazine rings is 1. The molecule has 0 amide bonds. The molecule has 162 valence electrons. The lowest BCUT2D eigenvalue weighted by atomic mass is 9.92. The van der Waals surface area contributed by atoms with Crippen molar-refractivity contribution in [2.24, 2.45) is 0 Å². The Balaban J connectivity index is 1.61. The van der Waals surface area contributed by atoms with E-state index in [9.17, 15) is 17.6 Å². The SMILES string of the molecule is OCCCN1CCN([C@H]2C[C@H](c3ccc(F)cc3)c3ccc(C(F)(F)F)cc32)CC1.